The summed E-state index contributed by atoms with van der Waals surface area (Å²) in [4.78, 5) is 17.9. The highest BCUT2D eigenvalue weighted by molar-refractivity contribution is 5.62. The molecule has 3 heterocycles. The highest BCUT2D eigenvalue weighted by Crippen LogP contribution is 2.26. The minimum absolute atomic E-state index is 0.0131. The number of nitro groups is 1. The van der Waals surface area contributed by atoms with Crippen molar-refractivity contribution in [3.05, 3.63) is 34.5 Å². The Hall–Kier alpha value is -2.19. The van der Waals surface area contributed by atoms with Crippen LogP contribution in [0.1, 0.15) is 20.3 Å². The van der Waals surface area contributed by atoms with Crippen molar-refractivity contribution in [3.8, 4) is 0 Å². The lowest BCUT2D eigenvalue weighted by atomic mass is 10.0. The van der Waals surface area contributed by atoms with Gasteiger partial charge in [0, 0.05) is 31.7 Å². The SMILES string of the molecule is CC(C)CC(CNc1nc2ccccn2c1[N+](=O)[O-])N1CCOCC1. The van der Waals surface area contributed by atoms with Crippen molar-refractivity contribution in [1.29, 1.82) is 0 Å². The van der Waals surface area contributed by atoms with Gasteiger partial charge in [0.2, 0.25) is 11.5 Å². The van der Waals surface area contributed by atoms with E-state index in [4.69, 9.17) is 4.74 Å². The molecule has 0 amide bonds. The van der Waals surface area contributed by atoms with Gasteiger partial charge in [-0.2, -0.15) is 9.38 Å². The van der Waals surface area contributed by atoms with E-state index in [9.17, 15) is 10.1 Å². The first kappa shape index (κ1) is 17.6. The fourth-order valence-electron chi connectivity index (χ4n) is 3.34. The third kappa shape index (κ3) is 4.08. The van der Waals surface area contributed by atoms with Crippen molar-refractivity contribution in [2.45, 2.75) is 26.3 Å². The molecule has 2 aromatic heterocycles. The molecule has 136 valence electrons. The molecule has 0 radical (unpaired) electrons. The Balaban J connectivity index is 1.79. The van der Waals surface area contributed by atoms with Crippen LogP contribution in [0.2, 0.25) is 0 Å². The number of aromatic nitrogens is 2. The Morgan fingerprint density at radius 3 is 2.80 bits per heavy atom. The maximum atomic E-state index is 11.5. The van der Waals surface area contributed by atoms with E-state index < -0.39 is 0 Å². The molecular formula is C17H25N5O3. The predicted molar refractivity (Wildman–Crippen MR) is 96.0 cm³/mol. The van der Waals surface area contributed by atoms with Crippen molar-refractivity contribution in [2.24, 2.45) is 5.92 Å². The molecule has 0 saturated carbocycles. The molecule has 0 aliphatic carbocycles. The van der Waals surface area contributed by atoms with Crippen LogP contribution in [0.4, 0.5) is 11.6 Å². The number of nitrogens with zero attached hydrogens (tertiary/aromatic N) is 4. The van der Waals surface area contributed by atoms with Crippen LogP contribution in [0.3, 0.4) is 0 Å². The molecule has 0 aromatic carbocycles. The maximum Gasteiger partial charge on any atom is 0.372 e. The molecule has 1 N–H and O–H groups in total. The van der Waals surface area contributed by atoms with Crippen LogP contribution in [-0.4, -0.2) is 58.1 Å². The smallest absolute Gasteiger partial charge is 0.372 e. The normalized spacial score (nSPS) is 17.1. The van der Waals surface area contributed by atoms with Gasteiger partial charge < -0.3 is 20.2 Å². The summed E-state index contributed by atoms with van der Waals surface area (Å²) in [7, 11) is 0. The molecule has 1 atom stereocenters. The number of pyridine rings is 1. The van der Waals surface area contributed by atoms with Crippen molar-refractivity contribution < 1.29 is 9.66 Å². The van der Waals surface area contributed by atoms with Gasteiger partial charge in [0.25, 0.3) is 0 Å². The van der Waals surface area contributed by atoms with E-state index in [-0.39, 0.29) is 10.7 Å². The van der Waals surface area contributed by atoms with Gasteiger partial charge in [-0.05, 0) is 23.3 Å². The Morgan fingerprint density at radius 2 is 2.12 bits per heavy atom. The first-order valence-electron chi connectivity index (χ1n) is 8.73. The first-order valence-corrected chi connectivity index (χ1v) is 8.73. The first-order chi connectivity index (χ1) is 12.1. The van der Waals surface area contributed by atoms with Crippen molar-refractivity contribution in [2.75, 3.05) is 38.2 Å². The number of imidazole rings is 1. The fraction of sp³-hybridized carbons (Fsp3) is 0.588. The van der Waals surface area contributed by atoms with E-state index in [2.05, 4.69) is 29.0 Å². The third-order valence-corrected chi connectivity index (χ3v) is 4.49. The van der Waals surface area contributed by atoms with Crippen LogP contribution in [-0.2, 0) is 4.74 Å². The third-order valence-electron chi connectivity index (χ3n) is 4.49. The quantitative estimate of drug-likeness (QED) is 0.611. The summed E-state index contributed by atoms with van der Waals surface area (Å²) in [6.45, 7) is 8.29. The number of anilines is 1. The largest absolute Gasteiger partial charge is 0.379 e. The van der Waals surface area contributed by atoms with Crippen LogP contribution in [0, 0.1) is 16.0 Å². The minimum atomic E-state index is -0.380. The Labute approximate surface area is 146 Å². The molecule has 3 rings (SSSR count). The molecule has 1 aliphatic rings. The number of hydrogen-bond donors (Lipinski definition) is 1. The monoisotopic (exact) mass is 347 g/mol. The zero-order valence-electron chi connectivity index (χ0n) is 14.7. The van der Waals surface area contributed by atoms with E-state index in [0.717, 1.165) is 32.7 Å². The average molecular weight is 347 g/mol. The summed E-state index contributed by atoms with van der Waals surface area (Å²) in [5.74, 6) is 0.866. The van der Waals surface area contributed by atoms with Crippen molar-refractivity contribution >= 4 is 17.3 Å². The second-order valence-electron chi connectivity index (χ2n) is 6.78. The van der Waals surface area contributed by atoms with Gasteiger partial charge in [0.05, 0.1) is 19.4 Å². The standard InChI is InChI=1S/C17H25N5O3/c1-13(2)11-14(20-7-9-25-10-8-20)12-18-16-17(22(23)24)21-6-4-3-5-15(21)19-16/h3-6,13-14,18H,7-12H2,1-2H3. The van der Waals surface area contributed by atoms with Crippen LogP contribution in [0.25, 0.3) is 5.65 Å². The van der Waals surface area contributed by atoms with Crippen LogP contribution < -0.4 is 5.32 Å². The summed E-state index contributed by atoms with van der Waals surface area (Å²) < 4.78 is 6.95. The topological polar surface area (TPSA) is 84.9 Å². The van der Waals surface area contributed by atoms with Gasteiger partial charge in [-0.15, -0.1) is 0 Å². The summed E-state index contributed by atoms with van der Waals surface area (Å²) in [5, 5.41) is 14.7. The van der Waals surface area contributed by atoms with Crippen LogP contribution >= 0.6 is 0 Å². The Bertz CT molecular complexity index is 724. The summed E-state index contributed by atoms with van der Waals surface area (Å²) in [6, 6.07) is 5.66. The van der Waals surface area contributed by atoms with Gasteiger partial charge in [0.15, 0.2) is 0 Å². The predicted octanol–water partition coefficient (Wildman–Crippen LogP) is 2.40. The minimum Gasteiger partial charge on any atom is -0.379 e. The molecule has 1 fully saturated rings. The number of morpholine rings is 1. The van der Waals surface area contributed by atoms with Gasteiger partial charge in [0.1, 0.15) is 0 Å². The van der Waals surface area contributed by atoms with Crippen molar-refractivity contribution in [1.82, 2.24) is 14.3 Å². The number of nitrogens with one attached hydrogen (secondary N) is 1. The lowest BCUT2D eigenvalue weighted by Crippen LogP contribution is -2.47. The molecule has 2 aromatic rings. The number of ether oxygens (including phenoxy) is 1. The zero-order chi connectivity index (χ0) is 17.8. The maximum absolute atomic E-state index is 11.5. The van der Waals surface area contributed by atoms with E-state index in [1.807, 2.05) is 6.07 Å². The van der Waals surface area contributed by atoms with Gasteiger partial charge in [-0.3, -0.25) is 4.90 Å². The van der Waals surface area contributed by atoms with Gasteiger partial charge in [-0.1, -0.05) is 19.9 Å². The van der Waals surface area contributed by atoms with E-state index in [1.165, 1.54) is 4.40 Å². The highest BCUT2D eigenvalue weighted by atomic mass is 16.6. The van der Waals surface area contributed by atoms with Crippen LogP contribution in [0.15, 0.2) is 24.4 Å². The number of hydrogen-bond acceptors (Lipinski definition) is 6. The van der Waals surface area contributed by atoms with Gasteiger partial charge in [-0.25, -0.2) is 0 Å². The van der Waals surface area contributed by atoms with E-state index in [1.54, 1.807) is 18.3 Å². The second-order valence-corrected chi connectivity index (χ2v) is 6.78. The Morgan fingerprint density at radius 1 is 1.36 bits per heavy atom. The Kier molecular flexibility index (Phi) is 5.50. The van der Waals surface area contributed by atoms with E-state index in [0.29, 0.717) is 30.0 Å². The molecule has 1 saturated heterocycles. The number of fused-ring (bicyclic) bond motifs is 1. The summed E-state index contributed by atoms with van der Waals surface area (Å²) in [5.41, 5.74) is 0.573. The van der Waals surface area contributed by atoms with Crippen LogP contribution in [0.5, 0.6) is 0 Å². The molecular weight excluding hydrogens is 322 g/mol. The summed E-state index contributed by atoms with van der Waals surface area (Å²) >= 11 is 0. The molecule has 0 spiro atoms. The van der Waals surface area contributed by atoms with Crippen molar-refractivity contribution in [3.63, 3.8) is 0 Å². The van der Waals surface area contributed by atoms with Gasteiger partial charge >= 0.3 is 5.82 Å². The summed E-state index contributed by atoms with van der Waals surface area (Å²) in [6.07, 6.45) is 2.69. The zero-order valence-corrected chi connectivity index (χ0v) is 14.7. The molecule has 0 bridgehead atoms. The average Bonchev–Trinajstić information content (AvgIpc) is 2.97. The molecule has 1 aliphatic heterocycles. The molecule has 1 unspecified atom stereocenters. The lowest BCUT2D eigenvalue weighted by molar-refractivity contribution is -0.389. The molecule has 8 heteroatoms. The second kappa shape index (κ2) is 7.79. The van der Waals surface area contributed by atoms with E-state index >= 15 is 0 Å². The molecule has 25 heavy (non-hydrogen) atoms. The highest BCUT2D eigenvalue weighted by Gasteiger charge is 2.26. The molecule has 8 nitrogen and oxygen atoms in total. The number of rotatable bonds is 7. The fourth-order valence-corrected chi connectivity index (χ4v) is 3.34. The lowest BCUT2D eigenvalue weighted by Gasteiger charge is -2.35.